The average Bonchev–Trinajstić information content (AvgIpc) is 3.21. The number of nitrogens with zero attached hydrogens (tertiary/aromatic N) is 4. The molecule has 32 heavy (non-hydrogen) atoms. The molecule has 2 aromatic carbocycles. The predicted octanol–water partition coefficient (Wildman–Crippen LogP) is 4.31. The largest absolute Gasteiger partial charge is 0.497 e. The number of carbonyl (C=O) groups excluding carboxylic acids is 1. The lowest BCUT2D eigenvalue weighted by Gasteiger charge is -2.17. The van der Waals surface area contributed by atoms with Crippen molar-refractivity contribution in [3.63, 3.8) is 0 Å². The molecular formula is C22H25N5O4S. The Morgan fingerprint density at radius 3 is 2.53 bits per heavy atom. The van der Waals surface area contributed by atoms with Gasteiger partial charge in [0.15, 0.2) is 11.0 Å². The van der Waals surface area contributed by atoms with Gasteiger partial charge < -0.3 is 10.1 Å². The van der Waals surface area contributed by atoms with Crippen molar-refractivity contribution in [2.45, 2.75) is 37.7 Å². The summed E-state index contributed by atoms with van der Waals surface area (Å²) in [5.41, 5.74) is 1.72. The van der Waals surface area contributed by atoms with Gasteiger partial charge in [-0.25, -0.2) is 0 Å². The van der Waals surface area contributed by atoms with E-state index in [1.54, 1.807) is 19.2 Å². The van der Waals surface area contributed by atoms with Crippen LogP contribution in [-0.2, 0) is 10.5 Å². The normalized spacial score (nSPS) is 11.9. The molecule has 1 N–H and O–H groups in total. The van der Waals surface area contributed by atoms with E-state index in [1.165, 1.54) is 23.9 Å². The number of aromatic nitrogens is 3. The van der Waals surface area contributed by atoms with Crippen molar-refractivity contribution in [2.75, 3.05) is 7.11 Å². The first-order valence-corrected chi connectivity index (χ1v) is 11.0. The Labute approximate surface area is 190 Å². The topological polar surface area (TPSA) is 112 Å². The second-order valence-corrected chi connectivity index (χ2v) is 8.42. The van der Waals surface area contributed by atoms with Crippen LogP contribution in [-0.4, -0.2) is 32.7 Å². The molecule has 3 rings (SSSR count). The summed E-state index contributed by atoms with van der Waals surface area (Å²) in [7, 11) is 1.62. The first-order valence-electron chi connectivity index (χ1n) is 10.1. The fourth-order valence-corrected chi connectivity index (χ4v) is 3.88. The zero-order valence-electron chi connectivity index (χ0n) is 18.3. The van der Waals surface area contributed by atoms with E-state index in [4.69, 9.17) is 4.74 Å². The predicted molar refractivity (Wildman–Crippen MR) is 122 cm³/mol. The Bertz CT molecular complexity index is 1100. The molecule has 0 fully saturated rings. The zero-order chi connectivity index (χ0) is 23.3. The molecule has 0 aliphatic carbocycles. The molecule has 1 amide bonds. The number of non-ortho nitro benzene ring substituents is 1. The number of thioether (sulfide) groups is 1. The van der Waals surface area contributed by atoms with E-state index < -0.39 is 11.0 Å². The molecule has 1 atom stereocenters. The average molecular weight is 456 g/mol. The molecule has 1 unspecified atom stereocenters. The molecular weight excluding hydrogens is 430 g/mol. The van der Waals surface area contributed by atoms with Crippen LogP contribution in [0.5, 0.6) is 5.75 Å². The van der Waals surface area contributed by atoms with E-state index >= 15 is 0 Å². The lowest BCUT2D eigenvalue weighted by molar-refractivity contribution is -0.384. The summed E-state index contributed by atoms with van der Waals surface area (Å²) in [6.45, 7) is 5.47. The number of methoxy groups -OCH3 is 1. The first kappa shape index (κ1) is 23.3. The smallest absolute Gasteiger partial charge is 0.269 e. The van der Waals surface area contributed by atoms with E-state index in [1.807, 2.05) is 49.6 Å². The molecule has 10 heteroatoms. The SMILES string of the molecule is COc1cccc(CSc2nnc(C(C)NC(=O)C(C)C)n2-c2ccc([N+](=O)[O-])cc2)c1. The molecule has 0 radical (unpaired) electrons. The van der Waals surface area contributed by atoms with Crippen LogP contribution in [0.15, 0.2) is 53.7 Å². The number of hydrogen-bond acceptors (Lipinski definition) is 7. The van der Waals surface area contributed by atoms with E-state index in [9.17, 15) is 14.9 Å². The van der Waals surface area contributed by atoms with Gasteiger partial charge in [0.05, 0.1) is 18.1 Å². The highest BCUT2D eigenvalue weighted by Crippen LogP contribution is 2.29. The molecule has 0 saturated heterocycles. The van der Waals surface area contributed by atoms with Crippen molar-refractivity contribution >= 4 is 23.4 Å². The van der Waals surface area contributed by atoms with Gasteiger partial charge in [-0.3, -0.25) is 19.5 Å². The number of amides is 1. The lowest BCUT2D eigenvalue weighted by atomic mass is 10.2. The number of benzene rings is 2. The van der Waals surface area contributed by atoms with Crippen LogP contribution < -0.4 is 10.1 Å². The molecule has 1 heterocycles. The molecule has 0 aliphatic heterocycles. The van der Waals surface area contributed by atoms with Gasteiger partial charge >= 0.3 is 0 Å². The molecule has 0 spiro atoms. The Kier molecular flexibility index (Phi) is 7.47. The number of nitro benzene ring substituents is 1. The standard InChI is InChI=1S/C22H25N5O4S/c1-14(2)21(28)23-15(3)20-24-25-22(32-13-16-6-5-7-19(12-16)31-4)26(20)17-8-10-18(11-9-17)27(29)30/h5-12,14-15H,13H2,1-4H3,(H,23,28). The highest BCUT2D eigenvalue weighted by Gasteiger charge is 2.22. The summed E-state index contributed by atoms with van der Waals surface area (Å²) in [5.74, 6) is 1.66. The maximum atomic E-state index is 12.2. The maximum absolute atomic E-state index is 12.2. The van der Waals surface area contributed by atoms with Gasteiger partial charge in [0.1, 0.15) is 5.75 Å². The zero-order valence-corrected chi connectivity index (χ0v) is 19.1. The van der Waals surface area contributed by atoms with E-state index in [0.717, 1.165) is 11.3 Å². The number of carbonyl (C=O) groups is 1. The van der Waals surface area contributed by atoms with Crippen LogP contribution in [0.3, 0.4) is 0 Å². The van der Waals surface area contributed by atoms with Crippen LogP contribution in [0.1, 0.15) is 38.2 Å². The molecule has 3 aromatic rings. The van der Waals surface area contributed by atoms with Gasteiger partial charge in [0.25, 0.3) is 5.69 Å². The van der Waals surface area contributed by atoms with Crippen molar-refractivity contribution in [1.29, 1.82) is 0 Å². The fourth-order valence-electron chi connectivity index (χ4n) is 2.98. The van der Waals surface area contributed by atoms with Crippen LogP contribution in [0.25, 0.3) is 5.69 Å². The number of ether oxygens (including phenoxy) is 1. The number of rotatable bonds is 9. The van der Waals surface area contributed by atoms with Gasteiger partial charge in [-0.2, -0.15) is 0 Å². The van der Waals surface area contributed by atoms with Crippen molar-refractivity contribution in [3.8, 4) is 11.4 Å². The van der Waals surface area contributed by atoms with Crippen LogP contribution >= 0.6 is 11.8 Å². The Morgan fingerprint density at radius 2 is 1.91 bits per heavy atom. The fraction of sp³-hybridized carbons (Fsp3) is 0.318. The van der Waals surface area contributed by atoms with Crippen molar-refractivity contribution in [1.82, 2.24) is 20.1 Å². The summed E-state index contributed by atoms with van der Waals surface area (Å²) in [5, 5.41) is 23.3. The summed E-state index contributed by atoms with van der Waals surface area (Å²) in [6.07, 6.45) is 0. The summed E-state index contributed by atoms with van der Waals surface area (Å²) >= 11 is 1.48. The molecule has 168 valence electrons. The van der Waals surface area contributed by atoms with Crippen molar-refractivity contribution in [2.24, 2.45) is 5.92 Å². The molecule has 9 nitrogen and oxygen atoms in total. The summed E-state index contributed by atoms with van der Waals surface area (Å²) < 4.78 is 7.10. The first-order chi connectivity index (χ1) is 15.3. The number of nitro groups is 1. The molecule has 0 bridgehead atoms. The molecule has 1 aromatic heterocycles. The number of hydrogen-bond donors (Lipinski definition) is 1. The van der Waals surface area contributed by atoms with Gasteiger partial charge in [-0.1, -0.05) is 37.7 Å². The third-order valence-electron chi connectivity index (χ3n) is 4.75. The minimum absolute atomic E-state index is 0.00452. The lowest BCUT2D eigenvalue weighted by Crippen LogP contribution is -2.31. The molecule has 0 aliphatic rings. The maximum Gasteiger partial charge on any atom is 0.269 e. The highest BCUT2D eigenvalue weighted by atomic mass is 32.2. The number of nitrogens with one attached hydrogen (secondary N) is 1. The monoisotopic (exact) mass is 455 g/mol. The summed E-state index contributed by atoms with van der Waals surface area (Å²) in [6, 6.07) is 13.5. The Morgan fingerprint density at radius 1 is 1.19 bits per heavy atom. The Balaban J connectivity index is 1.94. The third kappa shape index (κ3) is 5.44. The van der Waals surface area contributed by atoms with Gasteiger partial charge in [0.2, 0.25) is 5.91 Å². The van der Waals surface area contributed by atoms with Crippen molar-refractivity contribution in [3.05, 3.63) is 70.0 Å². The van der Waals surface area contributed by atoms with E-state index in [0.29, 0.717) is 22.4 Å². The third-order valence-corrected chi connectivity index (χ3v) is 5.75. The van der Waals surface area contributed by atoms with Crippen molar-refractivity contribution < 1.29 is 14.5 Å². The Hall–Kier alpha value is -3.40. The minimum atomic E-state index is -0.444. The van der Waals surface area contributed by atoms with E-state index in [-0.39, 0.29) is 17.5 Å². The molecule has 0 saturated carbocycles. The van der Waals surface area contributed by atoms with Crippen LogP contribution in [0.4, 0.5) is 5.69 Å². The van der Waals surface area contributed by atoms with Gasteiger partial charge in [-0.15, -0.1) is 10.2 Å². The highest BCUT2D eigenvalue weighted by molar-refractivity contribution is 7.98. The minimum Gasteiger partial charge on any atom is -0.497 e. The quantitative estimate of drug-likeness (QED) is 0.291. The second kappa shape index (κ2) is 10.3. The summed E-state index contributed by atoms with van der Waals surface area (Å²) in [4.78, 5) is 22.8. The van der Waals surface area contributed by atoms with Crippen LogP contribution in [0, 0.1) is 16.0 Å². The van der Waals surface area contributed by atoms with Gasteiger partial charge in [-0.05, 0) is 36.8 Å². The van der Waals surface area contributed by atoms with E-state index in [2.05, 4.69) is 15.5 Å². The van der Waals surface area contributed by atoms with Crippen LogP contribution in [0.2, 0.25) is 0 Å². The second-order valence-electron chi connectivity index (χ2n) is 7.47. The van der Waals surface area contributed by atoms with Gasteiger partial charge in [0, 0.05) is 29.5 Å².